The van der Waals surface area contributed by atoms with Crippen LogP contribution in [-0.2, 0) is 4.79 Å². The van der Waals surface area contributed by atoms with Gasteiger partial charge in [-0.1, -0.05) is 12.1 Å². The van der Waals surface area contributed by atoms with Crippen LogP contribution in [0.1, 0.15) is 44.7 Å². The summed E-state index contributed by atoms with van der Waals surface area (Å²) in [5, 5.41) is 2.83. The second-order valence-corrected chi connectivity index (χ2v) is 8.72. The minimum absolute atomic E-state index is 0.00521. The van der Waals surface area contributed by atoms with Gasteiger partial charge in [-0.25, -0.2) is 13.8 Å². The van der Waals surface area contributed by atoms with Crippen molar-refractivity contribution in [2.24, 2.45) is 5.92 Å². The maximum absolute atomic E-state index is 14.9. The number of carbonyl (C=O) groups excluding carboxylic acids is 1. The number of anilines is 1. The highest BCUT2D eigenvalue weighted by molar-refractivity contribution is 5.73. The molecule has 1 amide bonds. The summed E-state index contributed by atoms with van der Waals surface area (Å²) in [6, 6.07) is 7.38. The molecule has 1 aliphatic heterocycles. The Morgan fingerprint density at radius 1 is 1.27 bits per heavy atom. The third kappa shape index (κ3) is 5.66. The molecule has 1 saturated carbocycles. The van der Waals surface area contributed by atoms with Crippen molar-refractivity contribution in [3.8, 4) is 11.6 Å². The Bertz CT molecular complexity index is 981. The zero-order valence-corrected chi connectivity index (χ0v) is 18.6. The topological polar surface area (TPSA) is 76.6 Å². The first-order chi connectivity index (χ1) is 15.7. The van der Waals surface area contributed by atoms with E-state index in [0.717, 1.165) is 5.56 Å². The van der Waals surface area contributed by atoms with E-state index in [4.69, 9.17) is 9.47 Å². The third-order valence-corrected chi connectivity index (χ3v) is 5.92. The minimum atomic E-state index is -2.64. The lowest BCUT2D eigenvalue weighted by atomic mass is 9.82. The predicted molar refractivity (Wildman–Crippen MR) is 115 cm³/mol. The molecule has 178 valence electrons. The van der Waals surface area contributed by atoms with Crippen molar-refractivity contribution in [2.45, 2.75) is 51.2 Å². The summed E-state index contributed by atoms with van der Waals surface area (Å²) in [7, 11) is 0. The smallest absolute Gasteiger partial charge is 0.255 e. The second kappa shape index (κ2) is 9.44. The summed E-state index contributed by atoms with van der Waals surface area (Å²) in [6.45, 7) is 4.37. The van der Waals surface area contributed by atoms with Crippen molar-refractivity contribution in [3.05, 3.63) is 42.0 Å². The first kappa shape index (κ1) is 23.1. The van der Waals surface area contributed by atoms with Crippen molar-refractivity contribution in [1.82, 2.24) is 15.3 Å². The quantitative estimate of drug-likeness (QED) is 0.639. The third-order valence-electron chi connectivity index (χ3n) is 5.92. The number of rotatable bonds is 8. The van der Waals surface area contributed by atoms with Gasteiger partial charge < -0.3 is 19.7 Å². The first-order valence-corrected chi connectivity index (χ1v) is 11.0. The van der Waals surface area contributed by atoms with Gasteiger partial charge in [-0.2, -0.15) is 9.37 Å². The lowest BCUT2D eigenvalue weighted by molar-refractivity contribution is -0.120. The molecule has 2 fully saturated rings. The van der Waals surface area contributed by atoms with E-state index < -0.39 is 11.7 Å². The van der Waals surface area contributed by atoms with Gasteiger partial charge in [0.05, 0.1) is 19.2 Å². The molecule has 0 bridgehead atoms. The lowest BCUT2D eigenvalue weighted by Crippen LogP contribution is -2.38. The zero-order valence-electron chi connectivity index (χ0n) is 18.6. The van der Waals surface area contributed by atoms with Crippen LogP contribution < -0.4 is 19.7 Å². The Morgan fingerprint density at radius 2 is 2.00 bits per heavy atom. The molecule has 1 aromatic carbocycles. The summed E-state index contributed by atoms with van der Waals surface area (Å²) in [4.78, 5) is 20.9. The molecule has 1 aromatic heterocycles. The molecule has 10 heteroatoms. The molecular weight excluding hydrogens is 437 g/mol. The van der Waals surface area contributed by atoms with E-state index in [2.05, 4.69) is 15.3 Å². The summed E-state index contributed by atoms with van der Waals surface area (Å²) in [5.41, 5.74) is 0.965. The van der Waals surface area contributed by atoms with Crippen molar-refractivity contribution >= 4 is 11.7 Å². The molecule has 0 spiro atoms. The Labute approximate surface area is 190 Å². The standard InChI is InChI=1S/C23H27F3N4O3/c1-14(29-15(2)31)17-3-5-18(6-4-17)33-19-7-8-30(11-19)21-20(24)22(28-13-27-21)32-12-16-9-23(25,26)10-16/h3-6,13-14,16,19H,7-12H2,1-2H3,(H,29,31)/t14-,19+/m0/s1. The molecular formula is C23H27F3N4O3. The Hall–Kier alpha value is -3.04. The summed E-state index contributed by atoms with van der Waals surface area (Å²) in [6.07, 6.45) is 1.25. The molecule has 7 nitrogen and oxygen atoms in total. The number of nitrogens with zero attached hydrogens (tertiary/aromatic N) is 3. The number of hydrogen-bond donors (Lipinski definition) is 1. The van der Waals surface area contributed by atoms with E-state index in [1.165, 1.54) is 13.3 Å². The van der Waals surface area contributed by atoms with E-state index in [1.54, 1.807) is 4.90 Å². The fourth-order valence-electron chi connectivity index (χ4n) is 4.20. The van der Waals surface area contributed by atoms with Crippen molar-refractivity contribution in [2.75, 3.05) is 24.6 Å². The number of aromatic nitrogens is 2. The number of hydrogen-bond acceptors (Lipinski definition) is 6. The van der Waals surface area contributed by atoms with Crippen molar-refractivity contribution in [3.63, 3.8) is 0 Å². The normalized spacial score (nSPS) is 20.8. The van der Waals surface area contributed by atoms with Gasteiger partial charge in [0.2, 0.25) is 17.6 Å². The van der Waals surface area contributed by atoms with E-state index in [-0.39, 0.29) is 55.1 Å². The number of benzene rings is 1. The van der Waals surface area contributed by atoms with Gasteiger partial charge in [0.25, 0.3) is 5.88 Å². The van der Waals surface area contributed by atoms with E-state index in [9.17, 15) is 18.0 Å². The van der Waals surface area contributed by atoms with Gasteiger partial charge in [0.1, 0.15) is 18.2 Å². The van der Waals surface area contributed by atoms with Gasteiger partial charge in [0.15, 0.2) is 5.82 Å². The van der Waals surface area contributed by atoms with Gasteiger partial charge in [0, 0.05) is 38.6 Å². The fourth-order valence-corrected chi connectivity index (χ4v) is 4.20. The largest absolute Gasteiger partial charge is 0.489 e. The van der Waals surface area contributed by atoms with Gasteiger partial charge in [-0.15, -0.1) is 0 Å². The molecule has 2 aromatic rings. The molecule has 1 aliphatic carbocycles. The first-order valence-electron chi connectivity index (χ1n) is 11.0. The number of halogens is 3. The molecule has 33 heavy (non-hydrogen) atoms. The molecule has 1 saturated heterocycles. The van der Waals surface area contributed by atoms with Crippen LogP contribution >= 0.6 is 0 Å². The van der Waals surface area contributed by atoms with Crippen LogP contribution in [0.3, 0.4) is 0 Å². The summed E-state index contributed by atoms with van der Waals surface area (Å²) >= 11 is 0. The number of alkyl halides is 2. The zero-order chi connectivity index (χ0) is 23.6. The molecule has 2 heterocycles. The van der Waals surface area contributed by atoms with Crippen LogP contribution in [0.25, 0.3) is 0 Å². The van der Waals surface area contributed by atoms with Crippen LogP contribution in [-0.4, -0.2) is 47.6 Å². The average molecular weight is 464 g/mol. The maximum atomic E-state index is 14.9. The monoisotopic (exact) mass is 464 g/mol. The molecule has 0 unspecified atom stereocenters. The van der Waals surface area contributed by atoms with Crippen LogP contribution in [0, 0.1) is 11.7 Å². The van der Waals surface area contributed by atoms with E-state index in [0.29, 0.717) is 25.3 Å². The maximum Gasteiger partial charge on any atom is 0.255 e. The van der Waals surface area contributed by atoms with Crippen molar-refractivity contribution in [1.29, 1.82) is 0 Å². The van der Waals surface area contributed by atoms with Crippen LogP contribution in [0.4, 0.5) is 19.0 Å². The van der Waals surface area contributed by atoms with Crippen molar-refractivity contribution < 1.29 is 27.4 Å². The number of nitrogens with one attached hydrogen (secondary N) is 1. The van der Waals surface area contributed by atoms with Gasteiger partial charge in [-0.05, 0) is 24.6 Å². The van der Waals surface area contributed by atoms with E-state index >= 15 is 0 Å². The molecule has 1 N–H and O–H groups in total. The van der Waals surface area contributed by atoms with Crippen LogP contribution in [0.2, 0.25) is 0 Å². The number of ether oxygens (including phenoxy) is 2. The Balaban J connectivity index is 1.32. The summed E-state index contributed by atoms with van der Waals surface area (Å²) < 4.78 is 52.2. The van der Waals surface area contributed by atoms with Crippen LogP contribution in [0.15, 0.2) is 30.6 Å². The van der Waals surface area contributed by atoms with Crippen LogP contribution in [0.5, 0.6) is 11.6 Å². The second-order valence-electron chi connectivity index (χ2n) is 8.72. The average Bonchev–Trinajstić information content (AvgIpc) is 3.19. The molecule has 2 aliphatic rings. The SMILES string of the molecule is CC(=O)N[C@@H](C)c1ccc(O[C@@H]2CCN(c3ncnc(OCC4CC(F)(F)C4)c3F)C2)cc1. The fraction of sp³-hybridized carbons (Fsp3) is 0.522. The molecule has 4 rings (SSSR count). The highest BCUT2D eigenvalue weighted by Gasteiger charge is 2.45. The number of amides is 1. The molecule has 0 radical (unpaired) electrons. The molecule has 2 atom stereocenters. The van der Waals surface area contributed by atoms with Gasteiger partial charge >= 0.3 is 0 Å². The lowest BCUT2D eigenvalue weighted by Gasteiger charge is -2.34. The number of carbonyl (C=O) groups is 1. The van der Waals surface area contributed by atoms with E-state index in [1.807, 2.05) is 31.2 Å². The Kier molecular flexibility index (Phi) is 6.62. The Morgan fingerprint density at radius 3 is 2.67 bits per heavy atom. The summed E-state index contributed by atoms with van der Waals surface area (Å²) in [5.74, 6) is -3.14. The minimum Gasteiger partial charge on any atom is -0.489 e. The highest BCUT2D eigenvalue weighted by atomic mass is 19.3. The predicted octanol–water partition coefficient (Wildman–Crippen LogP) is 3.89. The van der Waals surface area contributed by atoms with Gasteiger partial charge in [-0.3, -0.25) is 4.79 Å². The highest BCUT2D eigenvalue weighted by Crippen LogP contribution is 2.42.